The molecule has 0 saturated heterocycles. The van der Waals surface area contributed by atoms with Crippen molar-refractivity contribution in [2.45, 2.75) is 6.61 Å². The van der Waals surface area contributed by atoms with Gasteiger partial charge in [-0.25, -0.2) is 0 Å². The molecule has 0 saturated carbocycles. The molecule has 1 heterocycles. The van der Waals surface area contributed by atoms with Crippen molar-refractivity contribution in [3.05, 3.63) is 70.4 Å². The lowest BCUT2D eigenvalue weighted by Crippen LogP contribution is -2.05. The molecule has 8 heteroatoms. The fourth-order valence-corrected chi connectivity index (χ4v) is 3.69. The van der Waals surface area contributed by atoms with Crippen LogP contribution in [0.15, 0.2) is 63.8 Å². The van der Waals surface area contributed by atoms with Crippen LogP contribution in [0, 0.1) is 0 Å². The van der Waals surface area contributed by atoms with E-state index in [4.69, 9.17) is 28.1 Å². The molecule has 0 unspecified atom stereocenters. The van der Waals surface area contributed by atoms with E-state index in [9.17, 15) is 9.90 Å². The zero-order valence-corrected chi connectivity index (χ0v) is 19.2. The van der Waals surface area contributed by atoms with Crippen molar-refractivity contribution in [1.82, 2.24) is 0 Å². The predicted octanol–water partition coefficient (Wildman–Crippen LogP) is 4.78. The summed E-state index contributed by atoms with van der Waals surface area (Å²) in [7, 11) is 5.63. The SMILES string of the molecule is COc1cc(-c2cc(=O)c3c(OC)c(O)c(OC)c(OC)c3o2)ccc1OCc1ccccc1. The van der Waals surface area contributed by atoms with Gasteiger partial charge in [-0.05, 0) is 23.8 Å². The number of rotatable bonds is 8. The predicted molar refractivity (Wildman–Crippen MR) is 127 cm³/mol. The van der Waals surface area contributed by atoms with E-state index in [0.29, 0.717) is 23.7 Å². The number of methoxy groups -OCH3 is 4. The van der Waals surface area contributed by atoms with Crippen LogP contribution in [-0.4, -0.2) is 33.5 Å². The molecule has 4 aromatic rings. The van der Waals surface area contributed by atoms with Crippen LogP contribution < -0.4 is 29.1 Å². The average Bonchev–Trinajstić information content (AvgIpc) is 2.87. The first-order valence-electron chi connectivity index (χ1n) is 10.4. The Bertz CT molecular complexity index is 1380. The lowest BCUT2D eigenvalue weighted by Gasteiger charge is -2.16. The van der Waals surface area contributed by atoms with E-state index in [0.717, 1.165) is 5.56 Å². The highest BCUT2D eigenvalue weighted by molar-refractivity contribution is 5.95. The molecule has 0 radical (unpaired) electrons. The Labute approximate surface area is 195 Å². The third kappa shape index (κ3) is 4.05. The van der Waals surface area contributed by atoms with Gasteiger partial charge in [0, 0.05) is 11.6 Å². The number of hydrogen-bond acceptors (Lipinski definition) is 8. The fourth-order valence-electron chi connectivity index (χ4n) is 3.69. The van der Waals surface area contributed by atoms with Gasteiger partial charge in [0.15, 0.2) is 28.3 Å². The van der Waals surface area contributed by atoms with Gasteiger partial charge < -0.3 is 33.2 Å². The van der Waals surface area contributed by atoms with Crippen LogP contribution >= 0.6 is 0 Å². The van der Waals surface area contributed by atoms with Gasteiger partial charge in [0.05, 0.1) is 28.4 Å². The van der Waals surface area contributed by atoms with Gasteiger partial charge in [0.1, 0.15) is 17.8 Å². The summed E-state index contributed by atoms with van der Waals surface area (Å²) in [6.07, 6.45) is 0. The van der Waals surface area contributed by atoms with Gasteiger partial charge in [-0.15, -0.1) is 0 Å². The molecule has 3 aromatic carbocycles. The number of phenolic OH excluding ortho intramolecular Hbond substituents is 1. The minimum atomic E-state index is -0.423. The highest BCUT2D eigenvalue weighted by atomic mass is 16.5. The Morgan fingerprint density at radius 3 is 2.15 bits per heavy atom. The molecule has 34 heavy (non-hydrogen) atoms. The summed E-state index contributed by atoms with van der Waals surface area (Å²) >= 11 is 0. The normalized spacial score (nSPS) is 10.7. The molecule has 0 aliphatic carbocycles. The van der Waals surface area contributed by atoms with Crippen LogP contribution in [0.2, 0.25) is 0 Å². The van der Waals surface area contributed by atoms with Crippen LogP contribution in [0.1, 0.15) is 5.56 Å². The van der Waals surface area contributed by atoms with Gasteiger partial charge in [0.2, 0.25) is 17.2 Å². The molecular weight excluding hydrogens is 440 g/mol. The maximum Gasteiger partial charge on any atom is 0.211 e. The second kappa shape index (κ2) is 9.66. The minimum Gasteiger partial charge on any atom is -0.502 e. The van der Waals surface area contributed by atoms with Gasteiger partial charge in [-0.1, -0.05) is 30.3 Å². The molecule has 0 aliphatic rings. The minimum absolute atomic E-state index is 0.00519. The third-order valence-electron chi connectivity index (χ3n) is 5.32. The molecule has 0 bridgehead atoms. The first-order chi connectivity index (χ1) is 16.5. The van der Waals surface area contributed by atoms with Crippen LogP contribution in [0.25, 0.3) is 22.3 Å². The first kappa shape index (κ1) is 22.8. The third-order valence-corrected chi connectivity index (χ3v) is 5.32. The second-order valence-electron chi connectivity index (χ2n) is 7.27. The second-order valence-corrected chi connectivity index (χ2v) is 7.27. The van der Waals surface area contributed by atoms with E-state index in [2.05, 4.69) is 0 Å². The summed E-state index contributed by atoms with van der Waals surface area (Å²) in [6.45, 7) is 0.377. The molecule has 1 aromatic heterocycles. The lowest BCUT2D eigenvalue weighted by molar-refractivity contribution is 0.284. The summed E-state index contributed by atoms with van der Waals surface area (Å²) in [5.41, 5.74) is 1.26. The Hall–Kier alpha value is -4.33. The zero-order valence-electron chi connectivity index (χ0n) is 19.2. The van der Waals surface area contributed by atoms with Crippen molar-refractivity contribution in [2.75, 3.05) is 28.4 Å². The van der Waals surface area contributed by atoms with Gasteiger partial charge in [0.25, 0.3) is 0 Å². The topological polar surface area (TPSA) is 96.6 Å². The van der Waals surface area contributed by atoms with E-state index in [1.807, 2.05) is 30.3 Å². The molecule has 1 N–H and O–H groups in total. The van der Waals surface area contributed by atoms with Crippen LogP contribution in [0.4, 0.5) is 0 Å². The molecule has 0 spiro atoms. The Morgan fingerprint density at radius 1 is 0.794 bits per heavy atom. The number of hydrogen-bond donors (Lipinski definition) is 1. The molecule has 0 fully saturated rings. The highest BCUT2D eigenvalue weighted by Gasteiger charge is 2.26. The molecule has 4 rings (SSSR count). The van der Waals surface area contributed by atoms with E-state index in [-0.39, 0.29) is 39.7 Å². The van der Waals surface area contributed by atoms with E-state index in [1.54, 1.807) is 18.2 Å². The van der Waals surface area contributed by atoms with Crippen LogP contribution in [0.5, 0.6) is 34.5 Å². The average molecular weight is 464 g/mol. The zero-order chi connectivity index (χ0) is 24.2. The van der Waals surface area contributed by atoms with Crippen molar-refractivity contribution in [3.8, 4) is 45.8 Å². The van der Waals surface area contributed by atoms with Crippen molar-refractivity contribution in [3.63, 3.8) is 0 Å². The maximum absolute atomic E-state index is 13.0. The lowest BCUT2D eigenvalue weighted by atomic mass is 10.1. The highest BCUT2D eigenvalue weighted by Crippen LogP contribution is 2.49. The number of fused-ring (bicyclic) bond motifs is 1. The standard InChI is InChI=1S/C26H24O8/c1-29-20-12-16(10-11-18(20)33-14-15-8-6-5-7-9-15)19-13-17(27)21-23(30-2)22(28)25(31-3)26(32-4)24(21)34-19/h5-13,28H,14H2,1-4H3. The quantitative estimate of drug-likeness (QED) is 0.398. The maximum atomic E-state index is 13.0. The monoisotopic (exact) mass is 464 g/mol. The summed E-state index contributed by atoms with van der Waals surface area (Å²) in [5, 5.41) is 10.5. The summed E-state index contributed by atoms with van der Waals surface area (Å²) in [5.74, 6) is 0.941. The van der Waals surface area contributed by atoms with E-state index < -0.39 is 5.43 Å². The molecule has 0 atom stereocenters. The smallest absolute Gasteiger partial charge is 0.211 e. The number of phenols is 1. The molecule has 176 valence electrons. The first-order valence-corrected chi connectivity index (χ1v) is 10.4. The van der Waals surface area contributed by atoms with Crippen molar-refractivity contribution < 1.29 is 33.2 Å². The Balaban J connectivity index is 1.80. The number of benzene rings is 3. The van der Waals surface area contributed by atoms with Crippen LogP contribution in [0.3, 0.4) is 0 Å². The van der Waals surface area contributed by atoms with E-state index >= 15 is 0 Å². The molecule has 0 amide bonds. The van der Waals surface area contributed by atoms with Gasteiger partial charge in [-0.3, -0.25) is 4.79 Å². The molecule has 8 nitrogen and oxygen atoms in total. The Kier molecular flexibility index (Phi) is 6.49. The molecular formula is C26H24O8. The fraction of sp³-hybridized carbons (Fsp3) is 0.192. The van der Waals surface area contributed by atoms with Gasteiger partial charge in [-0.2, -0.15) is 0 Å². The molecule has 0 aliphatic heterocycles. The van der Waals surface area contributed by atoms with Gasteiger partial charge >= 0.3 is 0 Å². The van der Waals surface area contributed by atoms with Crippen LogP contribution in [-0.2, 0) is 6.61 Å². The largest absolute Gasteiger partial charge is 0.502 e. The summed E-state index contributed by atoms with van der Waals surface area (Å²) in [6, 6.07) is 16.3. The van der Waals surface area contributed by atoms with E-state index in [1.165, 1.54) is 34.5 Å². The summed E-state index contributed by atoms with van der Waals surface area (Å²) in [4.78, 5) is 13.0. The number of ether oxygens (including phenoxy) is 5. The van der Waals surface area contributed by atoms with Crippen molar-refractivity contribution in [2.24, 2.45) is 0 Å². The van der Waals surface area contributed by atoms with Crippen molar-refractivity contribution >= 4 is 11.0 Å². The van der Waals surface area contributed by atoms with Crippen molar-refractivity contribution in [1.29, 1.82) is 0 Å². The number of aromatic hydroxyl groups is 1. The Morgan fingerprint density at radius 2 is 1.50 bits per heavy atom. The summed E-state index contributed by atoms with van der Waals surface area (Å²) < 4.78 is 33.4.